The van der Waals surface area contributed by atoms with Gasteiger partial charge in [0.25, 0.3) is 0 Å². The largest absolute Gasteiger partial charge is 0.342 e. The molecule has 0 radical (unpaired) electrons. The number of nitrogens with zero attached hydrogens (tertiary/aromatic N) is 1. The predicted octanol–water partition coefficient (Wildman–Crippen LogP) is 2.27. The van der Waals surface area contributed by atoms with E-state index >= 15 is 0 Å². The van der Waals surface area contributed by atoms with Crippen molar-refractivity contribution in [1.29, 1.82) is 0 Å². The van der Waals surface area contributed by atoms with E-state index in [-0.39, 0.29) is 42.1 Å². The molecule has 0 bridgehead atoms. The zero-order valence-electron chi connectivity index (χ0n) is 13.7. The van der Waals surface area contributed by atoms with Gasteiger partial charge in [-0.05, 0) is 31.9 Å². The summed E-state index contributed by atoms with van der Waals surface area (Å²) in [6.45, 7) is 4.97. The summed E-state index contributed by atoms with van der Waals surface area (Å²) in [4.78, 5) is 26.3. The Morgan fingerprint density at radius 3 is 2.26 bits per heavy atom. The molecule has 2 unspecified atom stereocenters. The molecule has 1 aromatic carbocycles. The molecule has 0 aliphatic carbocycles. The minimum atomic E-state index is -0.172. The summed E-state index contributed by atoms with van der Waals surface area (Å²) >= 11 is 0. The van der Waals surface area contributed by atoms with Crippen molar-refractivity contribution >= 4 is 29.9 Å². The van der Waals surface area contributed by atoms with E-state index in [0.717, 1.165) is 5.69 Å². The highest BCUT2D eigenvalue weighted by Gasteiger charge is 2.30. The van der Waals surface area contributed by atoms with Crippen LogP contribution in [0.4, 0.5) is 5.69 Å². The molecule has 2 rings (SSSR count). The fourth-order valence-electron chi connectivity index (χ4n) is 2.64. The predicted molar refractivity (Wildman–Crippen MR) is 94.4 cm³/mol. The van der Waals surface area contributed by atoms with E-state index < -0.39 is 0 Å². The highest BCUT2D eigenvalue weighted by atomic mass is 35.5. The minimum absolute atomic E-state index is 0. The first kappa shape index (κ1) is 19.5. The first-order chi connectivity index (χ1) is 10.5. The van der Waals surface area contributed by atoms with Gasteiger partial charge in [-0.3, -0.25) is 9.59 Å². The van der Waals surface area contributed by atoms with Crippen molar-refractivity contribution in [1.82, 2.24) is 4.90 Å². The lowest BCUT2D eigenvalue weighted by molar-refractivity contribution is -0.138. The van der Waals surface area contributed by atoms with E-state index in [1.54, 1.807) is 0 Å². The molecule has 1 heterocycles. The van der Waals surface area contributed by atoms with E-state index in [2.05, 4.69) is 5.32 Å². The number of benzene rings is 1. The van der Waals surface area contributed by atoms with Gasteiger partial charge in [0.1, 0.15) is 0 Å². The zero-order valence-corrected chi connectivity index (χ0v) is 14.5. The number of amides is 2. The lowest BCUT2D eigenvalue weighted by atomic mass is 9.94. The maximum atomic E-state index is 12.3. The molecule has 1 aromatic rings. The minimum Gasteiger partial charge on any atom is -0.342 e. The Balaban J connectivity index is 0.00000264. The van der Waals surface area contributed by atoms with Gasteiger partial charge in [-0.1, -0.05) is 25.1 Å². The summed E-state index contributed by atoms with van der Waals surface area (Å²) in [6.07, 6.45) is 1.41. The Kier molecular flexibility index (Phi) is 7.52. The second-order valence-electron chi connectivity index (χ2n) is 6.10. The summed E-state index contributed by atoms with van der Waals surface area (Å²) in [5, 5.41) is 2.93. The molecule has 23 heavy (non-hydrogen) atoms. The van der Waals surface area contributed by atoms with Gasteiger partial charge in [0, 0.05) is 30.7 Å². The average Bonchev–Trinajstić information content (AvgIpc) is 2.54. The van der Waals surface area contributed by atoms with Crippen LogP contribution in [0, 0.1) is 11.8 Å². The fourth-order valence-corrected chi connectivity index (χ4v) is 2.64. The van der Waals surface area contributed by atoms with Gasteiger partial charge in [0.2, 0.25) is 11.8 Å². The monoisotopic (exact) mass is 339 g/mol. The van der Waals surface area contributed by atoms with Gasteiger partial charge in [0.05, 0.1) is 5.92 Å². The third-order valence-electron chi connectivity index (χ3n) is 4.40. The van der Waals surface area contributed by atoms with Crippen LogP contribution in [0.5, 0.6) is 0 Å². The van der Waals surface area contributed by atoms with Crippen LogP contribution in [-0.2, 0) is 9.59 Å². The van der Waals surface area contributed by atoms with Gasteiger partial charge >= 0.3 is 0 Å². The Bertz CT molecular complexity index is 514. The van der Waals surface area contributed by atoms with E-state index in [1.165, 1.54) is 0 Å². The van der Waals surface area contributed by atoms with Crippen LogP contribution in [0.25, 0.3) is 0 Å². The number of nitrogens with one attached hydrogen (secondary N) is 1. The molecule has 1 saturated heterocycles. The number of rotatable bonds is 4. The van der Waals surface area contributed by atoms with Gasteiger partial charge in [-0.25, -0.2) is 0 Å². The average molecular weight is 340 g/mol. The topological polar surface area (TPSA) is 75.4 Å². The third-order valence-corrected chi connectivity index (χ3v) is 4.40. The van der Waals surface area contributed by atoms with Crippen molar-refractivity contribution in [3.8, 4) is 0 Å². The standard InChI is InChI=1S/C17H25N3O2.ClH/c1-12(13(2)18)17(22)20-10-8-14(9-11-20)16(21)19-15-6-4-3-5-7-15;/h3-7,12-14H,8-11,18H2,1-2H3,(H,19,21);1H. The van der Waals surface area contributed by atoms with E-state index in [9.17, 15) is 9.59 Å². The normalized spacial score (nSPS) is 17.8. The second kappa shape index (κ2) is 8.89. The number of hydrogen-bond acceptors (Lipinski definition) is 3. The van der Waals surface area contributed by atoms with Crippen molar-refractivity contribution < 1.29 is 9.59 Å². The Labute approximate surface area is 144 Å². The van der Waals surface area contributed by atoms with Crippen LogP contribution >= 0.6 is 12.4 Å². The van der Waals surface area contributed by atoms with E-state index in [4.69, 9.17) is 5.73 Å². The molecule has 0 spiro atoms. The number of piperidine rings is 1. The number of hydrogen-bond donors (Lipinski definition) is 2. The molecule has 5 nitrogen and oxygen atoms in total. The molecule has 2 amide bonds. The van der Waals surface area contributed by atoms with Gasteiger partial charge < -0.3 is 16.0 Å². The quantitative estimate of drug-likeness (QED) is 0.883. The second-order valence-corrected chi connectivity index (χ2v) is 6.10. The summed E-state index contributed by atoms with van der Waals surface area (Å²) in [5.41, 5.74) is 6.61. The summed E-state index contributed by atoms with van der Waals surface area (Å²) in [5.74, 6) is -0.0694. The molecule has 1 fully saturated rings. The summed E-state index contributed by atoms with van der Waals surface area (Å²) in [6, 6.07) is 9.31. The number of carbonyl (C=O) groups is 2. The van der Waals surface area contributed by atoms with Gasteiger partial charge in [-0.2, -0.15) is 0 Å². The van der Waals surface area contributed by atoms with Gasteiger partial charge in [0.15, 0.2) is 0 Å². The summed E-state index contributed by atoms with van der Waals surface area (Å²) in [7, 11) is 0. The van der Waals surface area contributed by atoms with E-state index in [0.29, 0.717) is 25.9 Å². The Hall–Kier alpha value is -1.59. The fraction of sp³-hybridized carbons (Fsp3) is 0.529. The molecule has 2 atom stereocenters. The number of carbonyl (C=O) groups excluding carboxylic acids is 2. The Morgan fingerprint density at radius 2 is 1.74 bits per heavy atom. The van der Waals surface area contributed by atoms with Crippen molar-refractivity contribution in [3.05, 3.63) is 30.3 Å². The maximum Gasteiger partial charge on any atom is 0.227 e. The molecule has 0 aromatic heterocycles. The number of para-hydroxylation sites is 1. The first-order valence-electron chi connectivity index (χ1n) is 7.89. The van der Waals surface area contributed by atoms with Crippen LogP contribution < -0.4 is 11.1 Å². The zero-order chi connectivity index (χ0) is 16.1. The molecule has 1 aliphatic heterocycles. The lowest BCUT2D eigenvalue weighted by Crippen LogP contribution is -2.46. The number of nitrogens with two attached hydrogens (primary N) is 1. The highest BCUT2D eigenvalue weighted by molar-refractivity contribution is 5.92. The summed E-state index contributed by atoms with van der Waals surface area (Å²) < 4.78 is 0. The Morgan fingerprint density at radius 1 is 1.17 bits per heavy atom. The highest BCUT2D eigenvalue weighted by Crippen LogP contribution is 2.21. The van der Waals surface area contributed by atoms with Crippen molar-refractivity contribution in [2.24, 2.45) is 17.6 Å². The number of likely N-dealkylation sites (tertiary alicyclic amines) is 1. The molecule has 3 N–H and O–H groups in total. The van der Waals surface area contributed by atoms with Crippen LogP contribution in [-0.4, -0.2) is 35.8 Å². The van der Waals surface area contributed by atoms with E-state index in [1.807, 2.05) is 49.1 Å². The van der Waals surface area contributed by atoms with Crippen LogP contribution in [0.15, 0.2) is 30.3 Å². The third kappa shape index (κ3) is 5.22. The smallest absolute Gasteiger partial charge is 0.227 e. The lowest BCUT2D eigenvalue weighted by Gasteiger charge is -2.33. The van der Waals surface area contributed by atoms with Crippen molar-refractivity contribution in [2.75, 3.05) is 18.4 Å². The molecular formula is C17H26ClN3O2. The van der Waals surface area contributed by atoms with Crippen molar-refractivity contribution in [2.45, 2.75) is 32.7 Å². The number of anilines is 1. The molecule has 0 saturated carbocycles. The maximum absolute atomic E-state index is 12.3. The van der Waals surface area contributed by atoms with Crippen LogP contribution in [0.3, 0.4) is 0 Å². The SMILES string of the molecule is CC(N)C(C)C(=O)N1CCC(C(=O)Nc2ccccc2)CC1.Cl. The van der Waals surface area contributed by atoms with Gasteiger partial charge in [-0.15, -0.1) is 12.4 Å². The first-order valence-corrected chi connectivity index (χ1v) is 7.89. The van der Waals surface area contributed by atoms with Crippen LogP contribution in [0.2, 0.25) is 0 Å². The van der Waals surface area contributed by atoms with Crippen LogP contribution in [0.1, 0.15) is 26.7 Å². The molecule has 128 valence electrons. The number of halogens is 1. The van der Waals surface area contributed by atoms with Crippen molar-refractivity contribution in [3.63, 3.8) is 0 Å². The molecule has 6 heteroatoms. The molecular weight excluding hydrogens is 314 g/mol. The molecule has 1 aliphatic rings.